The molecule has 168 valence electrons. The van der Waals surface area contributed by atoms with Crippen LogP contribution in [0.3, 0.4) is 0 Å². The molecule has 1 fully saturated rings. The van der Waals surface area contributed by atoms with Crippen molar-refractivity contribution in [2.45, 2.75) is 76.9 Å². The highest BCUT2D eigenvalue weighted by Gasteiger charge is 2.43. The minimum atomic E-state index is -3.47. The molecule has 2 aliphatic rings. The summed E-state index contributed by atoms with van der Waals surface area (Å²) < 4.78 is 73.7. The van der Waals surface area contributed by atoms with E-state index in [1.807, 2.05) is 13.0 Å². The van der Waals surface area contributed by atoms with Gasteiger partial charge in [0.05, 0.1) is 19.1 Å². The van der Waals surface area contributed by atoms with Gasteiger partial charge in [-0.15, -0.1) is 0 Å². The predicted molar refractivity (Wildman–Crippen MR) is 106 cm³/mol. The van der Waals surface area contributed by atoms with Crippen LogP contribution in [0.1, 0.15) is 70.6 Å². The fourth-order valence-corrected chi connectivity index (χ4v) is 4.04. The first kappa shape index (κ1) is 23.1. The summed E-state index contributed by atoms with van der Waals surface area (Å²) >= 11 is 0. The van der Waals surface area contributed by atoms with Gasteiger partial charge in [-0.25, -0.2) is 8.78 Å². The maximum Gasteiger partial charge on any atom is 0.401 e. The van der Waals surface area contributed by atoms with Gasteiger partial charge in [0.25, 0.3) is 0 Å². The van der Waals surface area contributed by atoms with Crippen LogP contribution < -0.4 is 4.74 Å². The third kappa shape index (κ3) is 5.55. The summed E-state index contributed by atoms with van der Waals surface area (Å²) in [5.74, 6) is -2.44. The minimum Gasteiger partial charge on any atom is -0.429 e. The molecule has 3 nitrogen and oxygen atoms in total. The summed E-state index contributed by atoms with van der Waals surface area (Å²) in [7, 11) is 0. The van der Waals surface area contributed by atoms with Crippen LogP contribution in [0.25, 0.3) is 0 Å². The Morgan fingerprint density at radius 3 is 2.47 bits per heavy atom. The van der Waals surface area contributed by atoms with E-state index < -0.39 is 35.6 Å². The van der Waals surface area contributed by atoms with Gasteiger partial charge in [0.2, 0.25) is 0 Å². The highest BCUT2D eigenvalue weighted by atomic mass is 19.3. The summed E-state index contributed by atoms with van der Waals surface area (Å²) in [6.45, 7) is 3.61. The van der Waals surface area contributed by atoms with Gasteiger partial charge in [-0.1, -0.05) is 44.4 Å². The third-order valence-electron chi connectivity index (χ3n) is 5.71. The van der Waals surface area contributed by atoms with Crippen molar-refractivity contribution >= 4 is 0 Å². The fraction of sp³-hybridized carbons (Fsp3) is 0.652. The molecule has 0 spiro atoms. The predicted octanol–water partition coefficient (Wildman–Crippen LogP) is 6.88. The Balaban J connectivity index is 1.62. The van der Waals surface area contributed by atoms with Gasteiger partial charge in [-0.05, 0) is 44.2 Å². The van der Waals surface area contributed by atoms with Crippen molar-refractivity contribution in [1.82, 2.24) is 0 Å². The molecule has 0 saturated carbocycles. The first-order valence-corrected chi connectivity index (χ1v) is 10.7. The quantitative estimate of drug-likeness (QED) is 0.332. The molecule has 1 aliphatic heterocycles. The lowest BCUT2D eigenvalue weighted by atomic mass is 9.87. The van der Waals surface area contributed by atoms with Crippen LogP contribution in [0, 0.1) is 11.7 Å². The summed E-state index contributed by atoms with van der Waals surface area (Å²) in [5, 5.41) is 0. The second kappa shape index (κ2) is 9.69. The SMILES string of the molecule is CCCC1=CCC(C(F)(F)Oc2ccc(C3OCC(F)(CCC)CO3)cc2F)CC1. The molecule has 0 N–H and O–H groups in total. The minimum absolute atomic E-state index is 0.154. The van der Waals surface area contributed by atoms with E-state index in [1.54, 1.807) is 0 Å². The van der Waals surface area contributed by atoms with Crippen molar-refractivity contribution in [3.8, 4) is 5.75 Å². The Morgan fingerprint density at radius 1 is 1.17 bits per heavy atom. The molecule has 0 radical (unpaired) electrons. The molecule has 1 heterocycles. The van der Waals surface area contributed by atoms with E-state index in [0.29, 0.717) is 31.2 Å². The van der Waals surface area contributed by atoms with Crippen LogP contribution in [0.2, 0.25) is 0 Å². The van der Waals surface area contributed by atoms with E-state index in [-0.39, 0.29) is 19.6 Å². The molecule has 1 aliphatic carbocycles. The Hall–Kier alpha value is -1.60. The van der Waals surface area contributed by atoms with Crippen molar-refractivity contribution in [1.29, 1.82) is 0 Å². The van der Waals surface area contributed by atoms with Crippen molar-refractivity contribution in [2.75, 3.05) is 13.2 Å². The number of alkyl halides is 3. The zero-order chi connectivity index (χ0) is 21.8. The summed E-state index contributed by atoms with van der Waals surface area (Å²) in [6, 6.07) is 3.60. The molecule has 3 rings (SSSR count). The first-order chi connectivity index (χ1) is 14.3. The van der Waals surface area contributed by atoms with E-state index in [1.165, 1.54) is 11.6 Å². The lowest BCUT2D eigenvalue weighted by Gasteiger charge is -2.34. The van der Waals surface area contributed by atoms with Gasteiger partial charge in [0, 0.05) is 5.56 Å². The molecule has 0 bridgehead atoms. The van der Waals surface area contributed by atoms with Gasteiger partial charge < -0.3 is 14.2 Å². The summed E-state index contributed by atoms with van der Waals surface area (Å²) in [4.78, 5) is 0. The summed E-state index contributed by atoms with van der Waals surface area (Å²) in [6.07, 6.45) is 1.46. The van der Waals surface area contributed by atoms with Gasteiger partial charge >= 0.3 is 6.11 Å². The highest BCUT2D eigenvalue weighted by molar-refractivity contribution is 5.30. The lowest BCUT2D eigenvalue weighted by molar-refractivity contribution is -0.239. The highest BCUT2D eigenvalue weighted by Crippen LogP contribution is 2.40. The first-order valence-electron chi connectivity index (χ1n) is 10.7. The number of allylic oxidation sites excluding steroid dienone is 2. The molecule has 0 aromatic heterocycles. The molecule has 1 aromatic carbocycles. The molecular formula is C23H30F4O3. The van der Waals surface area contributed by atoms with Crippen LogP contribution in [0.5, 0.6) is 5.75 Å². The molecule has 1 unspecified atom stereocenters. The molecule has 0 amide bonds. The molecule has 7 heteroatoms. The number of hydrogen-bond acceptors (Lipinski definition) is 3. The Bertz CT molecular complexity index is 742. The molecule has 30 heavy (non-hydrogen) atoms. The Labute approximate surface area is 175 Å². The standard InChI is InChI=1S/C23H30F4O3/c1-3-5-16-6-9-18(10-7-16)23(26,27)30-20-11-8-17(13-19(20)24)21-28-14-22(25,12-4-2)15-29-21/h6,8,11,13,18,21H,3-5,7,9-10,12,14-15H2,1-2H3. The van der Waals surface area contributed by atoms with Gasteiger partial charge in [-0.3, -0.25) is 0 Å². The van der Waals surface area contributed by atoms with E-state index in [9.17, 15) is 17.6 Å². The zero-order valence-corrected chi connectivity index (χ0v) is 17.6. The van der Waals surface area contributed by atoms with Gasteiger partial charge in [0.15, 0.2) is 23.5 Å². The van der Waals surface area contributed by atoms with Crippen molar-refractivity contribution in [2.24, 2.45) is 5.92 Å². The van der Waals surface area contributed by atoms with E-state index >= 15 is 0 Å². The smallest absolute Gasteiger partial charge is 0.401 e. The average molecular weight is 430 g/mol. The Kier molecular flexibility index (Phi) is 7.45. The maximum absolute atomic E-state index is 14.6. The molecular weight excluding hydrogens is 400 g/mol. The van der Waals surface area contributed by atoms with Crippen molar-refractivity contribution in [3.05, 3.63) is 41.2 Å². The van der Waals surface area contributed by atoms with Crippen LogP contribution in [0.15, 0.2) is 29.8 Å². The third-order valence-corrected chi connectivity index (χ3v) is 5.71. The van der Waals surface area contributed by atoms with E-state index in [0.717, 1.165) is 25.0 Å². The molecule has 1 aromatic rings. The molecule has 1 atom stereocenters. The van der Waals surface area contributed by atoms with Gasteiger partial charge in [-0.2, -0.15) is 8.78 Å². The van der Waals surface area contributed by atoms with E-state index in [4.69, 9.17) is 14.2 Å². The number of halogens is 4. The van der Waals surface area contributed by atoms with Crippen LogP contribution in [-0.4, -0.2) is 25.0 Å². The average Bonchev–Trinajstić information content (AvgIpc) is 2.71. The number of hydrogen-bond donors (Lipinski definition) is 0. The fourth-order valence-electron chi connectivity index (χ4n) is 4.04. The second-order valence-electron chi connectivity index (χ2n) is 8.29. The molecule has 1 saturated heterocycles. The Morgan fingerprint density at radius 2 is 1.90 bits per heavy atom. The normalized spacial score (nSPS) is 27.6. The monoisotopic (exact) mass is 430 g/mol. The van der Waals surface area contributed by atoms with E-state index in [2.05, 4.69) is 6.92 Å². The number of ether oxygens (including phenoxy) is 3. The topological polar surface area (TPSA) is 27.7 Å². The van der Waals surface area contributed by atoms with Crippen molar-refractivity contribution < 1.29 is 31.8 Å². The second-order valence-corrected chi connectivity index (χ2v) is 8.29. The number of rotatable bonds is 8. The number of benzene rings is 1. The van der Waals surface area contributed by atoms with Crippen molar-refractivity contribution in [3.63, 3.8) is 0 Å². The van der Waals surface area contributed by atoms with Crippen LogP contribution in [0.4, 0.5) is 17.6 Å². The zero-order valence-electron chi connectivity index (χ0n) is 17.6. The largest absolute Gasteiger partial charge is 0.429 e. The maximum atomic E-state index is 14.6. The van der Waals surface area contributed by atoms with Crippen LogP contribution in [-0.2, 0) is 9.47 Å². The summed E-state index contributed by atoms with van der Waals surface area (Å²) in [5.41, 5.74) is -0.0595. The van der Waals surface area contributed by atoms with Gasteiger partial charge in [0.1, 0.15) is 0 Å². The lowest BCUT2D eigenvalue weighted by Crippen LogP contribution is -2.41. The van der Waals surface area contributed by atoms with Crippen LogP contribution >= 0.6 is 0 Å².